The molecule has 0 aliphatic rings. The molecule has 2 aromatic rings. The van der Waals surface area contributed by atoms with Crippen LogP contribution >= 0.6 is 0 Å². The van der Waals surface area contributed by atoms with Crippen molar-refractivity contribution < 1.29 is 4.79 Å². The Bertz CT molecular complexity index is 791. The average molecular weight is 342 g/mol. The van der Waals surface area contributed by atoms with Gasteiger partial charge in [-0.05, 0) is 19.1 Å². The summed E-state index contributed by atoms with van der Waals surface area (Å²) in [6, 6.07) is 9.91. The van der Waals surface area contributed by atoms with Crippen molar-refractivity contribution in [2.75, 3.05) is 25.0 Å². The van der Waals surface area contributed by atoms with Crippen molar-refractivity contribution in [3.63, 3.8) is 0 Å². The second-order valence-corrected chi connectivity index (χ2v) is 7.14. The third-order valence-corrected chi connectivity index (χ3v) is 3.97. The molecule has 2 N–H and O–H groups in total. The van der Waals surface area contributed by atoms with Crippen LogP contribution in [0.1, 0.15) is 42.6 Å². The SMILES string of the molecule is Cc1nc(C(C)(C)C)[nH]c(=O)c1C(=O)NCCN(C)c1ccccc1. The number of para-hydroxylation sites is 1. The van der Waals surface area contributed by atoms with Crippen LogP contribution in [0.25, 0.3) is 0 Å². The van der Waals surface area contributed by atoms with Gasteiger partial charge >= 0.3 is 0 Å². The summed E-state index contributed by atoms with van der Waals surface area (Å²) in [5.74, 6) is 0.184. The van der Waals surface area contributed by atoms with Crippen molar-refractivity contribution in [2.45, 2.75) is 33.1 Å². The predicted molar refractivity (Wildman–Crippen MR) is 100 cm³/mol. The van der Waals surface area contributed by atoms with Gasteiger partial charge in [-0.3, -0.25) is 9.59 Å². The third-order valence-electron chi connectivity index (χ3n) is 3.97. The fourth-order valence-corrected chi connectivity index (χ4v) is 2.45. The van der Waals surface area contributed by atoms with E-state index in [0.29, 0.717) is 24.6 Å². The zero-order valence-electron chi connectivity index (χ0n) is 15.5. The van der Waals surface area contributed by atoms with Gasteiger partial charge in [-0.15, -0.1) is 0 Å². The molecule has 0 spiro atoms. The van der Waals surface area contributed by atoms with Crippen LogP contribution in [-0.2, 0) is 5.41 Å². The van der Waals surface area contributed by atoms with E-state index in [1.165, 1.54) is 0 Å². The van der Waals surface area contributed by atoms with Gasteiger partial charge in [-0.25, -0.2) is 4.98 Å². The summed E-state index contributed by atoms with van der Waals surface area (Å²) in [5.41, 5.74) is 0.920. The molecular formula is C19H26N4O2. The number of carbonyl (C=O) groups is 1. The highest BCUT2D eigenvalue weighted by atomic mass is 16.2. The monoisotopic (exact) mass is 342 g/mol. The van der Waals surface area contributed by atoms with E-state index in [1.54, 1.807) is 6.92 Å². The van der Waals surface area contributed by atoms with E-state index in [2.05, 4.69) is 15.3 Å². The first-order valence-corrected chi connectivity index (χ1v) is 8.36. The summed E-state index contributed by atoms with van der Waals surface area (Å²) in [6.07, 6.45) is 0. The standard InChI is InChI=1S/C19H26N4O2/c1-13-15(17(25)22-18(21-13)19(2,3)4)16(24)20-11-12-23(5)14-9-7-6-8-10-14/h6-10H,11-12H2,1-5H3,(H,20,24)(H,21,22,25). The number of aromatic amines is 1. The van der Waals surface area contributed by atoms with Crippen LogP contribution < -0.4 is 15.8 Å². The molecule has 0 saturated carbocycles. The highest BCUT2D eigenvalue weighted by Gasteiger charge is 2.22. The zero-order valence-corrected chi connectivity index (χ0v) is 15.5. The van der Waals surface area contributed by atoms with Crippen LogP contribution in [0.5, 0.6) is 0 Å². The molecule has 1 aromatic heterocycles. The highest BCUT2D eigenvalue weighted by Crippen LogP contribution is 2.17. The Labute approximate surface area is 148 Å². The molecule has 2 rings (SSSR count). The topological polar surface area (TPSA) is 78.1 Å². The molecule has 25 heavy (non-hydrogen) atoms. The van der Waals surface area contributed by atoms with Gasteiger partial charge in [-0.2, -0.15) is 0 Å². The summed E-state index contributed by atoms with van der Waals surface area (Å²) >= 11 is 0. The van der Waals surface area contributed by atoms with E-state index < -0.39 is 11.5 Å². The Morgan fingerprint density at radius 3 is 2.44 bits per heavy atom. The van der Waals surface area contributed by atoms with Crippen molar-refractivity contribution in [3.05, 3.63) is 57.8 Å². The number of nitrogens with one attached hydrogen (secondary N) is 2. The first-order chi connectivity index (χ1) is 11.7. The first-order valence-electron chi connectivity index (χ1n) is 8.36. The molecule has 0 radical (unpaired) electrons. The molecule has 1 amide bonds. The van der Waals surface area contributed by atoms with Crippen LogP contribution in [0.4, 0.5) is 5.69 Å². The number of anilines is 1. The lowest BCUT2D eigenvalue weighted by Gasteiger charge is -2.20. The molecule has 1 heterocycles. The minimum atomic E-state index is -0.397. The van der Waals surface area contributed by atoms with Gasteiger partial charge in [0.25, 0.3) is 11.5 Å². The van der Waals surface area contributed by atoms with Gasteiger partial charge < -0.3 is 15.2 Å². The number of likely N-dealkylation sites (N-methyl/N-ethyl adjacent to an activating group) is 1. The van der Waals surface area contributed by atoms with Crippen molar-refractivity contribution >= 4 is 11.6 Å². The van der Waals surface area contributed by atoms with E-state index in [0.717, 1.165) is 5.69 Å². The summed E-state index contributed by atoms with van der Waals surface area (Å²) in [6.45, 7) is 8.65. The van der Waals surface area contributed by atoms with Crippen LogP contribution in [0.3, 0.4) is 0 Å². The van der Waals surface area contributed by atoms with Gasteiger partial charge in [0, 0.05) is 31.2 Å². The van der Waals surface area contributed by atoms with Gasteiger partial charge in [0.05, 0.1) is 5.69 Å². The number of aromatic nitrogens is 2. The van der Waals surface area contributed by atoms with Crippen LogP contribution in [0.2, 0.25) is 0 Å². The fraction of sp³-hybridized carbons (Fsp3) is 0.421. The maximum Gasteiger partial charge on any atom is 0.264 e. The molecule has 0 fully saturated rings. The highest BCUT2D eigenvalue weighted by molar-refractivity contribution is 5.94. The Kier molecular flexibility index (Phi) is 5.62. The number of hydrogen-bond acceptors (Lipinski definition) is 4. The first kappa shape index (κ1) is 18.7. The number of rotatable bonds is 5. The van der Waals surface area contributed by atoms with Gasteiger partial charge in [-0.1, -0.05) is 39.0 Å². The van der Waals surface area contributed by atoms with Gasteiger partial charge in [0.2, 0.25) is 0 Å². The molecule has 6 nitrogen and oxygen atoms in total. The van der Waals surface area contributed by atoms with E-state index in [1.807, 2.05) is 63.1 Å². The predicted octanol–water partition coefficient (Wildman–Crippen LogP) is 2.24. The lowest BCUT2D eigenvalue weighted by molar-refractivity contribution is 0.0952. The molecular weight excluding hydrogens is 316 g/mol. The average Bonchev–Trinajstić information content (AvgIpc) is 2.54. The van der Waals surface area contributed by atoms with E-state index in [-0.39, 0.29) is 11.0 Å². The molecule has 0 saturated heterocycles. The van der Waals surface area contributed by atoms with Crippen LogP contribution in [0.15, 0.2) is 35.1 Å². The second-order valence-electron chi connectivity index (χ2n) is 7.14. The van der Waals surface area contributed by atoms with E-state index in [4.69, 9.17) is 0 Å². The van der Waals surface area contributed by atoms with E-state index in [9.17, 15) is 9.59 Å². The fourth-order valence-electron chi connectivity index (χ4n) is 2.45. The molecule has 6 heteroatoms. The summed E-state index contributed by atoms with van der Waals surface area (Å²) in [4.78, 5) is 33.8. The quantitative estimate of drug-likeness (QED) is 0.873. The van der Waals surface area contributed by atoms with Crippen molar-refractivity contribution in [3.8, 4) is 0 Å². The maximum absolute atomic E-state index is 12.4. The van der Waals surface area contributed by atoms with Crippen molar-refractivity contribution in [1.82, 2.24) is 15.3 Å². The van der Waals surface area contributed by atoms with Crippen LogP contribution in [-0.4, -0.2) is 36.0 Å². The molecule has 0 aliphatic heterocycles. The summed E-state index contributed by atoms with van der Waals surface area (Å²) in [5, 5.41) is 2.80. The minimum absolute atomic E-state index is 0.0790. The van der Waals surface area contributed by atoms with Gasteiger partial charge in [0.15, 0.2) is 0 Å². The third kappa shape index (κ3) is 4.68. The maximum atomic E-state index is 12.4. The largest absolute Gasteiger partial charge is 0.373 e. The Morgan fingerprint density at radius 2 is 1.88 bits per heavy atom. The Morgan fingerprint density at radius 1 is 1.24 bits per heavy atom. The second kappa shape index (κ2) is 7.51. The molecule has 134 valence electrons. The molecule has 0 unspecified atom stereocenters. The number of H-pyrrole nitrogens is 1. The summed E-state index contributed by atoms with van der Waals surface area (Å²) in [7, 11) is 1.96. The number of amides is 1. The number of nitrogens with zero attached hydrogens (tertiary/aromatic N) is 2. The number of carbonyl (C=O) groups excluding carboxylic acids is 1. The normalized spacial score (nSPS) is 11.2. The number of benzene rings is 1. The lowest BCUT2D eigenvalue weighted by Crippen LogP contribution is -2.37. The van der Waals surface area contributed by atoms with Crippen molar-refractivity contribution in [2.24, 2.45) is 0 Å². The Balaban J connectivity index is 2.03. The van der Waals surface area contributed by atoms with E-state index >= 15 is 0 Å². The lowest BCUT2D eigenvalue weighted by atomic mass is 9.95. The molecule has 0 bridgehead atoms. The summed E-state index contributed by atoms with van der Waals surface area (Å²) < 4.78 is 0. The number of aryl methyl sites for hydroxylation is 1. The molecule has 1 aromatic carbocycles. The smallest absolute Gasteiger partial charge is 0.264 e. The van der Waals surface area contributed by atoms with Crippen molar-refractivity contribution in [1.29, 1.82) is 0 Å². The van der Waals surface area contributed by atoms with Crippen LogP contribution in [0, 0.1) is 6.92 Å². The van der Waals surface area contributed by atoms with Gasteiger partial charge in [0.1, 0.15) is 11.4 Å². The minimum Gasteiger partial charge on any atom is -0.373 e. The zero-order chi connectivity index (χ0) is 18.6. The molecule has 0 atom stereocenters. The Hall–Kier alpha value is -2.63. The molecule has 0 aliphatic carbocycles. The number of hydrogen-bond donors (Lipinski definition) is 2.